The Morgan fingerprint density at radius 2 is 1.44 bits per heavy atom. The maximum atomic E-state index is 12.7. The molecule has 0 fully saturated rings. The largest absolute Gasteiger partial charge is 0.479 e. The van der Waals surface area contributed by atoms with E-state index in [0.717, 1.165) is 12.1 Å². The lowest BCUT2D eigenvalue weighted by atomic mass is 9.83. The van der Waals surface area contributed by atoms with Crippen LogP contribution < -0.4 is 5.73 Å². The maximum absolute atomic E-state index is 12.7. The summed E-state index contributed by atoms with van der Waals surface area (Å²) < 4.78 is 0. The Morgan fingerprint density at radius 3 is 1.84 bits per heavy atom. The van der Waals surface area contributed by atoms with Crippen molar-refractivity contribution in [2.24, 2.45) is 5.73 Å². The first-order valence-corrected chi connectivity index (χ1v) is 6.74. The summed E-state index contributed by atoms with van der Waals surface area (Å²) in [6.45, 7) is 0. The molecule has 1 atom stereocenters. The molecule has 0 aliphatic carbocycles. The molecular formula is C15H11N3O7. The Balaban J connectivity index is 2.67. The molecule has 2 aromatic rings. The molecule has 3 N–H and O–H groups in total. The number of nitrogens with zero attached hydrogens (tertiary/aromatic N) is 2. The predicted octanol–water partition coefficient (Wildman–Crippen LogP) is 1.62. The molecule has 0 bridgehead atoms. The highest BCUT2D eigenvalue weighted by Crippen LogP contribution is 2.29. The molecule has 0 aliphatic rings. The van der Waals surface area contributed by atoms with Crippen LogP contribution in [0, 0.1) is 20.2 Å². The van der Waals surface area contributed by atoms with Gasteiger partial charge in [-0.3, -0.25) is 25.0 Å². The predicted molar refractivity (Wildman–Crippen MR) is 84.0 cm³/mol. The lowest BCUT2D eigenvalue weighted by molar-refractivity contribution is -0.394. The maximum Gasteiger partial charge on any atom is 0.336 e. The summed E-state index contributed by atoms with van der Waals surface area (Å²) in [5.41, 5.74) is 1.19. The molecule has 0 amide bonds. The highest BCUT2D eigenvalue weighted by atomic mass is 16.6. The lowest BCUT2D eigenvalue weighted by Gasteiger charge is -2.23. The number of rotatable bonds is 6. The van der Waals surface area contributed by atoms with Gasteiger partial charge in [0.2, 0.25) is 5.54 Å². The van der Waals surface area contributed by atoms with Crippen LogP contribution >= 0.6 is 0 Å². The number of carbonyl (C=O) groups is 2. The van der Waals surface area contributed by atoms with Gasteiger partial charge in [-0.25, -0.2) is 4.79 Å². The van der Waals surface area contributed by atoms with E-state index < -0.39 is 44.1 Å². The highest BCUT2D eigenvalue weighted by molar-refractivity contribution is 6.16. The first kappa shape index (κ1) is 17.7. The average molecular weight is 345 g/mol. The minimum Gasteiger partial charge on any atom is -0.479 e. The Labute approximate surface area is 139 Å². The average Bonchev–Trinajstić information content (AvgIpc) is 2.60. The second kappa shape index (κ2) is 6.45. The summed E-state index contributed by atoms with van der Waals surface area (Å²) in [4.78, 5) is 44.4. The number of benzene rings is 2. The SMILES string of the molecule is NC(C(=O)O)(C(=O)c1cc([N+](=O)[O-])cc([N+](=O)[O-])c1)c1ccccc1. The smallest absolute Gasteiger partial charge is 0.336 e. The second-order valence-electron chi connectivity index (χ2n) is 5.06. The molecule has 10 heteroatoms. The van der Waals surface area contributed by atoms with Crippen LogP contribution in [-0.2, 0) is 10.3 Å². The van der Waals surface area contributed by atoms with E-state index in [1.54, 1.807) is 6.07 Å². The molecule has 0 radical (unpaired) electrons. The summed E-state index contributed by atoms with van der Waals surface area (Å²) >= 11 is 0. The third-order valence-corrected chi connectivity index (χ3v) is 3.51. The standard InChI is InChI=1S/C15H11N3O7/c16-15(14(20)21,10-4-2-1-3-5-10)13(19)9-6-11(17(22)23)8-12(7-9)18(24)25/h1-8H,16H2,(H,20,21). The van der Waals surface area contributed by atoms with Gasteiger partial charge >= 0.3 is 5.97 Å². The molecular weight excluding hydrogens is 334 g/mol. The van der Waals surface area contributed by atoms with Gasteiger partial charge in [0.15, 0.2) is 5.78 Å². The first-order chi connectivity index (χ1) is 11.7. The minimum absolute atomic E-state index is 0.0679. The summed E-state index contributed by atoms with van der Waals surface area (Å²) in [6.07, 6.45) is 0. The molecule has 10 nitrogen and oxygen atoms in total. The molecule has 0 heterocycles. The first-order valence-electron chi connectivity index (χ1n) is 6.74. The topological polar surface area (TPSA) is 167 Å². The fourth-order valence-electron chi connectivity index (χ4n) is 2.22. The fourth-order valence-corrected chi connectivity index (χ4v) is 2.22. The summed E-state index contributed by atoms with van der Waals surface area (Å²) in [7, 11) is 0. The molecule has 0 aliphatic heterocycles. The zero-order valence-electron chi connectivity index (χ0n) is 12.5. The number of carboxylic acid groups (broad SMARTS) is 1. The number of hydrogen-bond acceptors (Lipinski definition) is 7. The minimum atomic E-state index is -2.55. The van der Waals surface area contributed by atoms with Gasteiger partial charge in [0.05, 0.1) is 15.9 Å². The van der Waals surface area contributed by atoms with E-state index in [9.17, 15) is 34.9 Å². The summed E-state index contributed by atoms with van der Waals surface area (Å²) in [6, 6.07) is 9.28. The van der Waals surface area contributed by atoms with Crippen LogP contribution in [0.3, 0.4) is 0 Å². The normalized spacial score (nSPS) is 12.8. The number of nitrogens with two attached hydrogens (primary N) is 1. The van der Waals surface area contributed by atoms with Crippen molar-refractivity contribution in [1.82, 2.24) is 0 Å². The van der Waals surface area contributed by atoms with Gasteiger partial charge in [0.1, 0.15) is 0 Å². The van der Waals surface area contributed by atoms with Crippen molar-refractivity contribution < 1.29 is 24.5 Å². The van der Waals surface area contributed by atoms with Gasteiger partial charge in [-0.1, -0.05) is 30.3 Å². The van der Waals surface area contributed by atoms with Gasteiger partial charge in [-0.15, -0.1) is 0 Å². The van der Waals surface area contributed by atoms with Crippen LogP contribution in [0.25, 0.3) is 0 Å². The van der Waals surface area contributed by atoms with Crippen LogP contribution in [0.5, 0.6) is 0 Å². The molecule has 0 saturated heterocycles. The number of carboxylic acids is 1. The second-order valence-corrected chi connectivity index (χ2v) is 5.06. The van der Waals surface area contributed by atoms with Crippen molar-refractivity contribution in [3.63, 3.8) is 0 Å². The van der Waals surface area contributed by atoms with E-state index in [1.165, 1.54) is 24.3 Å². The van der Waals surface area contributed by atoms with Gasteiger partial charge < -0.3 is 10.8 Å². The quantitative estimate of drug-likeness (QED) is 0.344. The zero-order chi connectivity index (χ0) is 18.8. The van der Waals surface area contributed by atoms with E-state index >= 15 is 0 Å². The number of nitro groups is 2. The number of non-ortho nitro benzene ring substituents is 2. The van der Waals surface area contributed by atoms with Crippen LogP contribution in [0.2, 0.25) is 0 Å². The van der Waals surface area contributed by atoms with Crippen molar-refractivity contribution >= 4 is 23.1 Å². The van der Waals surface area contributed by atoms with Crippen LogP contribution in [0.4, 0.5) is 11.4 Å². The zero-order valence-corrected chi connectivity index (χ0v) is 12.5. The van der Waals surface area contributed by atoms with E-state index in [0.29, 0.717) is 6.07 Å². The molecule has 128 valence electrons. The van der Waals surface area contributed by atoms with Crippen molar-refractivity contribution in [2.45, 2.75) is 5.54 Å². The van der Waals surface area contributed by atoms with E-state index in [1.807, 2.05) is 0 Å². The number of nitro benzene ring substituents is 2. The molecule has 25 heavy (non-hydrogen) atoms. The van der Waals surface area contributed by atoms with Gasteiger partial charge in [-0.2, -0.15) is 0 Å². The Hall–Kier alpha value is -3.66. The monoisotopic (exact) mass is 345 g/mol. The van der Waals surface area contributed by atoms with Crippen LogP contribution in [0.15, 0.2) is 48.5 Å². The van der Waals surface area contributed by atoms with Gasteiger partial charge in [-0.05, 0) is 5.56 Å². The van der Waals surface area contributed by atoms with Gasteiger partial charge in [0, 0.05) is 17.7 Å². The highest BCUT2D eigenvalue weighted by Gasteiger charge is 2.45. The van der Waals surface area contributed by atoms with Crippen molar-refractivity contribution in [3.8, 4) is 0 Å². The number of carbonyl (C=O) groups excluding carboxylic acids is 1. The Kier molecular flexibility index (Phi) is 4.57. The molecule has 0 spiro atoms. The number of hydrogen-bond donors (Lipinski definition) is 2. The van der Waals surface area contributed by atoms with Crippen molar-refractivity contribution in [3.05, 3.63) is 79.9 Å². The molecule has 2 rings (SSSR count). The van der Waals surface area contributed by atoms with Gasteiger partial charge in [0.25, 0.3) is 11.4 Å². The van der Waals surface area contributed by atoms with Crippen LogP contribution in [-0.4, -0.2) is 26.7 Å². The Bertz CT molecular complexity index is 850. The molecule has 0 saturated carbocycles. The number of ketones is 1. The van der Waals surface area contributed by atoms with Crippen molar-refractivity contribution in [2.75, 3.05) is 0 Å². The van der Waals surface area contributed by atoms with E-state index in [2.05, 4.69) is 0 Å². The van der Waals surface area contributed by atoms with Crippen molar-refractivity contribution in [1.29, 1.82) is 0 Å². The molecule has 2 aromatic carbocycles. The van der Waals surface area contributed by atoms with Crippen LogP contribution in [0.1, 0.15) is 15.9 Å². The third-order valence-electron chi connectivity index (χ3n) is 3.51. The fraction of sp³-hybridized carbons (Fsp3) is 0.0667. The molecule has 0 aromatic heterocycles. The third kappa shape index (κ3) is 3.19. The van der Waals surface area contributed by atoms with E-state index in [4.69, 9.17) is 5.73 Å². The molecule has 1 unspecified atom stereocenters. The number of Topliss-reactive ketones (excluding diaryl/α,β-unsaturated/α-hetero) is 1. The Morgan fingerprint density at radius 1 is 0.960 bits per heavy atom. The summed E-state index contributed by atoms with van der Waals surface area (Å²) in [5, 5.41) is 31.3. The number of aliphatic carboxylic acids is 1. The lowest BCUT2D eigenvalue weighted by Crippen LogP contribution is -2.51. The van der Waals surface area contributed by atoms with E-state index in [-0.39, 0.29) is 5.56 Å². The summed E-state index contributed by atoms with van der Waals surface area (Å²) in [5.74, 6) is -2.91.